The first-order valence-corrected chi connectivity index (χ1v) is 5.22. The molecule has 1 aliphatic heterocycles. The summed E-state index contributed by atoms with van der Waals surface area (Å²) in [5.74, 6) is -1.00. The number of nitrogens with zero attached hydrogens (tertiary/aromatic N) is 3. The highest BCUT2D eigenvalue weighted by molar-refractivity contribution is 5.86. The number of carboxylic acids is 1. The SMILES string of the molecule is Cn1cc(CN2CCC(O)C2)c(C(=O)O)n1. The maximum absolute atomic E-state index is 10.9. The zero-order valence-corrected chi connectivity index (χ0v) is 9.13. The third-order valence-electron chi connectivity index (χ3n) is 2.75. The largest absolute Gasteiger partial charge is 0.476 e. The third-order valence-corrected chi connectivity index (χ3v) is 2.75. The minimum Gasteiger partial charge on any atom is -0.476 e. The van der Waals surface area contributed by atoms with Gasteiger partial charge in [0, 0.05) is 38.4 Å². The average Bonchev–Trinajstić information content (AvgIpc) is 2.74. The Morgan fingerprint density at radius 3 is 3.00 bits per heavy atom. The fourth-order valence-electron chi connectivity index (χ4n) is 2.03. The van der Waals surface area contributed by atoms with Crippen LogP contribution in [0.4, 0.5) is 0 Å². The van der Waals surface area contributed by atoms with Crippen molar-refractivity contribution in [2.45, 2.75) is 19.1 Å². The molecule has 1 aromatic rings. The van der Waals surface area contributed by atoms with Gasteiger partial charge in [0.25, 0.3) is 0 Å². The summed E-state index contributed by atoms with van der Waals surface area (Å²) >= 11 is 0. The van der Waals surface area contributed by atoms with E-state index in [9.17, 15) is 9.90 Å². The predicted octanol–water partition coefficient (Wildman–Crippen LogP) is -0.315. The summed E-state index contributed by atoms with van der Waals surface area (Å²) in [7, 11) is 1.70. The van der Waals surface area contributed by atoms with E-state index in [4.69, 9.17) is 5.11 Å². The Balaban J connectivity index is 2.11. The van der Waals surface area contributed by atoms with Gasteiger partial charge in [0.05, 0.1) is 6.10 Å². The van der Waals surface area contributed by atoms with Crippen LogP contribution in [0.25, 0.3) is 0 Å². The highest BCUT2D eigenvalue weighted by Crippen LogP contribution is 2.15. The first kappa shape index (κ1) is 11.1. The number of carboxylic acid groups (broad SMARTS) is 1. The molecule has 88 valence electrons. The number of aryl methyl sites for hydroxylation is 1. The summed E-state index contributed by atoms with van der Waals surface area (Å²) in [6.45, 7) is 1.94. The quantitative estimate of drug-likeness (QED) is 0.737. The third kappa shape index (κ3) is 2.23. The molecule has 1 unspecified atom stereocenters. The Labute approximate surface area is 93.1 Å². The summed E-state index contributed by atoms with van der Waals surface area (Å²) in [4.78, 5) is 13.0. The average molecular weight is 225 g/mol. The van der Waals surface area contributed by atoms with Gasteiger partial charge in [-0.3, -0.25) is 9.58 Å². The number of aromatic carboxylic acids is 1. The Hall–Kier alpha value is -1.40. The van der Waals surface area contributed by atoms with Gasteiger partial charge in [-0.25, -0.2) is 4.79 Å². The molecule has 1 saturated heterocycles. The van der Waals surface area contributed by atoms with Crippen molar-refractivity contribution in [2.24, 2.45) is 7.05 Å². The van der Waals surface area contributed by atoms with Crippen LogP contribution in [0.3, 0.4) is 0 Å². The topological polar surface area (TPSA) is 78.6 Å². The van der Waals surface area contributed by atoms with Crippen LogP contribution in [0.2, 0.25) is 0 Å². The Morgan fingerprint density at radius 2 is 2.44 bits per heavy atom. The maximum atomic E-state index is 10.9. The summed E-state index contributed by atoms with van der Waals surface area (Å²) in [6, 6.07) is 0. The number of aliphatic hydroxyl groups is 1. The molecule has 16 heavy (non-hydrogen) atoms. The van der Waals surface area contributed by atoms with Gasteiger partial charge in [-0.15, -0.1) is 0 Å². The summed E-state index contributed by atoms with van der Waals surface area (Å²) in [6.07, 6.45) is 2.18. The van der Waals surface area contributed by atoms with Crippen LogP contribution in [0, 0.1) is 0 Å². The van der Waals surface area contributed by atoms with Gasteiger partial charge in [-0.1, -0.05) is 0 Å². The van der Waals surface area contributed by atoms with Crippen molar-refractivity contribution in [1.82, 2.24) is 14.7 Å². The molecule has 0 bridgehead atoms. The van der Waals surface area contributed by atoms with Crippen LogP contribution >= 0.6 is 0 Å². The number of carbonyl (C=O) groups is 1. The second-order valence-corrected chi connectivity index (χ2v) is 4.16. The van der Waals surface area contributed by atoms with E-state index < -0.39 is 5.97 Å². The zero-order valence-electron chi connectivity index (χ0n) is 9.13. The standard InChI is InChI=1S/C10H15N3O3/c1-12-4-7(9(11-12)10(15)16)5-13-3-2-8(14)6-13/h4,8,14H,2-3,5-6H2,1H3,(H,15,16). The predicted molar refractivity (Wildman–Crippen MR) is 56.1 cm³/mol. The second-order valence-electron chi connectivity index (χ2n) is 4.16. The van der Waals surface area contributed by atoms with E-state index in [1.807, 2.05) is 4.90 Å². The molecule has 0 aliphatic carbocycles. The highest BCUT2D eigenvalue weighted by Gasteiger charge is 2.23. The summed E-state index contributed by atoms with van der Waals surface area (Å²) < 4.78 is 1.51. The molecular formula is C10H15N3O3. The van der Waals surface area contributed by atoms with Crippen LogP contribution < -0.4 is 0 Å². The van der Waals surface area contributed by atoms with Gasteiger partial charge in [-0.05, 0) is 6.42 Å². The van der Waals surface area contributed by atoms with Gasteiger partial charge >= 0.3 is 5.97 Å². The number of likely N-dealkylation sites (tertiary alicyclic amines) is 1. The molecule has 1 aromatic heterocycles. The van der Waals surface area contributed by atoms with Gasteiger partial charge in [-0.2, -0.15) is 5.10 Å². The van der Waals surface area contributed by atoms with E-state index in [1.54, 1.807) is 13.2 Å². The zero-order chi connectivity index (χ0) is 11.7. The lowest BCUT2D eigenvalue weighted by Crippen LogP contribution is -2.22. The maximum Gasteiger partial charge on any atom is 0.356 e. The van der Waals surface area contributed by atoms with Crippen molar-refractivity contribution in [1.29, 1.82) is 0 Å². The van der Waals surface area contributed by atoms with E-state index in [0.717, 1.165) is 13.0 Å². The second kappa shape index (κ2) is 4.23. The highest BCUT2D eigenvalue weighted by atomic mass is 16.4. The van der Waals surface area contributed by atoms with Gasteiger partial charge < -0.3 is 10.2 Å². The normalized spacial score (nSPS) is 21.5. The molecule has 6 nitrogen and oxygen atoms in total. The van der Waals surface area contributed by atoms with E-state index in [1.165, 1.54) is 4.68 Å². The molecule has 6 heteroatoms. The Morgan fingerprint density at radius 1 is 1.69 bits per heavy atom. The van der Waals surface area contributed by atoms with Crippen molar-refractivity contribution in [3.63, 3.8) is 0 Å². The molecule has 0 saturated carbocycles. The molecule has 1 atom stereocenters. The van der Waals surface area contributed by atoms with E-state index in [2.05, 4.69) is 5.10 Å². The summed E-state index contributed by atoms with van der Waals surface area (Å²) in [5.41, 5.74) is 0.799. The minimum absolute atomic E-state index is 0.101. The minimum atomic E-state index is -1.00. The van der Waals surface area contributed by atoms with E-state index in [-0.39, 0.29) is 11.8 Å². The molecule has 2 heterocycles. The molecule has 2 N–H and O–H groups in total. The fourth-order valence-corrected chi connectivity index (χ4v) is 2.03. The fraction of sp³-hybridized carbons (Fsp3) is 0.600. The van der Waals surface area contributed by atoms with Crippen LogP contribution in [-0.4, -0.2) is 50.1 Å². The first-order chi connectivity index (χ1) is 7.56. The summed E-state index contributed by atoms with van der Waals surface area (Å²) in [5, 5.41) is 22.2. The number of aliphatic hydroxyl groups excluding tert-OH is 1. The van der Waals surface area contributed by atoms with Crippen LogP contribution in [0.1, 0.15) is 22.5 Å². The van der Waals surface area contributed by atoms with Gasteiger partial charge in [0.1, 0.15) is 0 Å². The monoisotopic (exact) mass is 225 g/mol. The van der Waals surface area contributed by atoms with E-state index in [0.29, 0.717) is 18.7 Å². The van der Waals surface area contributed by atoms with Crippen molar-refractivity contribution in [3.8, 4) is 0 Å². The van der Waals surface area contributed by atoms with E-state index >= 15 is 0 Å². The molecule has 0 spiro atoms. The lowest BCUT2D eigenvalue weighted by atomic mass is 10.2. The number of hydrogen-bond acceptors (Lipinski definition) is 4. The van der Waals surface area contributed by atoms with Crippen LogP contribution in [0.5, 0.6) is 0 Å². The van der Waals surface area contributed by atoms with Crippen LogP contribution in [-0.2, 0) is 13.6 Å². The lowest BCUT2D eigenvalue weighted by Gasteiger charge is -2.13. The van der Waals surface area contributed by atoms with Gasteiger partial charge in [0.2, 0.25) is 0 Å². The number of β-amino-alcohol motifs (C(OH)–C–C–N with tert-alkyl or cyclic N) is 1. The molecule has 0 radical (unpaired) electrons. The Kier molecular flexibility index (Phi) is 2.93. The first-order valence-electron chi connectivity index (χ1n) is 5.22. The van der Waals surface area contributed by atoms with Gasteiger partial charge in [0.15, 0.2) is 5.69 Å². The smallest absolute Gasteiger partial charge is 0.356 e. The molecule has 0 amide bonds. The molecular weight excluding hydrogens is 210 g/mol. The van der Waals surface area contributed by atoms with Crippen molar-refractivity contribution >= 4 is 5.97 Å². The van der Waals surface area contributed by atoms with Crippen molar-refractivity contribution < 1.29 is 15.0 Å². The number of hydrogen-bond donors (Lipinski definition) is 2. The molecule has 1 fully saturated rings. The molecule has 2 rings (SSSR count). The van der Waals surface area contributed by atoms with Crippen LogP contribution in [0.15, 0.2) is 6.20 Å². The van der Waals surface area contributed by atoms with Crippen molar-refractivity contribution in [3.05, 3.63) is 17.5 Å². The lowest BCUT2D eigenvalue weighted by molar-refractivity contribution is 0.0687. The number of rotatable bonds is 3. The molecule has 0 aromatic carbocycles. The Bertz CT molecular complexity index is 402. The number of aromatic nitrogens is 2. The van der Waals surface area contributed by atoms with Crippen molar-refractivity contribution in [2.75, 3.05) is 13.1 Å². The molecule has 1 aliphatic rings.